The Balaban J connectivity index is 2.59. The van der Waals surface area contributed by atoms with E-state index in [1.165, 1.54) is 32.1 Å². The fraction of sp³-hybridized carbons (Fsp3) is 1.00. The molecule has 1 heteroatoms. The highest BCUT2D eigenvalue weighted by Gasteiger charge is 2.36. The van der Waals surface area contributed by atoms with Gasteiger partial charge in [-0.3, -0.25) is 0 Å². The lowest BCUT2D eigenvalue weighted by Crippen LogP contribution is -2.35. The van der Waals surface area contributed by atoms with Gasteiger partial charge in [-0.1, -0.05) is 27.2 Å². The summed E-state index contributed by atoms with van der Waals surface area (Å²) in [5.41, 5.74) is 0.509. The van der Waals surface area contributed by atoms with Gasteiger partial charge in [-0.2, -0.15) is 0 Å². The van der Waals surface area contributed by atoms with Gasteiger partial charge >= 0.3 is 0 Å². The van der Waals surface area contributed by atoms with Crippen LogP contribution in [-0.2, 0) is 4.74 Å². The molecule has 1 nitrogen and oxygen atoms in total. The third-order valence-electron chi connectivity index (χ3n) is 4.09. The van der Waals surface area contributed by atoms with Crippen molar-refractivity contribution < 1.29 is 4.74 Å². The normalized spacial score (nSPS) is 38.6. The minimum Gasteiger partial charge on any atom is -0.384 e. The number of hydrogen-bond donors (Lipinski definition) is 0. The second-order valence-electron chi connectivity index (χ2n) is 5.38. The highest BCUT2D eigenvalue weighted by Crippen LogP contribution is 2.45. The van der Waals surface area contributed by atoms with E-state index >= 15 is 0 Å². The SMILES string of the molecule is CCCC1(COC)CCC(C)C(C)C1. The monoisotopic (exact) mass is 198 g/mol. The molecule has 84 valence electrons. The third kappa shape index (κ3) is 2.73. The summed E-state index contributed by atoms with van der Waals surface area (Å²) >= 11 is 0. The molecule has 0 radical (unpaired) electrons. The fourth-order valence-electron chi connectivity index (χ4n) is 3.07. The fourth-order valence-corrected chi connectivity index (χ4v) is 3.07. The van der Waals surface area contributed by atoms with Crippen molar-refractivity contribution in [3.63, 3.8) is 0 Å². The molecule has 1 saturated carbocycles. The Hall–Kier alpha value is -0.0400. The van der Waals surface area contributed by atoms with E-state index in [1.54, 1.807) is 0 Å². The molecule has 1 aliphatic rings. The first-order valence-corrected chi connectivity index (χ1v) is 6.12. The van der Waals surface area contributed by atoms with Crippen molar-refractivity contribution in [1.82, 2.24) is 0 Å². The van der Waals surface area contributed by atoms with E-state index in [0.717, 1.165) is 18.4 Å². The Morgan fingerprint density at radius 2 is 2.00 bits per heavy atom. The van der Waals surface area contributed by atoms with Crippen LogP contribution in [0.1, 0.15) is 52.9 Å². The molecule has 1 fully saturated rings. The molecule has 0 aromatic rings. The van der Waals surface area contributed by atoms with E-state index in [0.29, 0.717) is 5.41 Å². The zero-order valence-electron chi connectivity index (χ0n) is 10.3. The van der Waals surface area contributed by atoms with Crippen LogP contribution in [0.15, 0.2) is 0 Å². The summed E-state index contributed by atoms with van der Waals surface area (Å²) in [4.78, 5) is 0. The van der Waals surface area contributed by atoms with Crippen LogP contribution in [0.3, 0.4) is 0 Å². The van der Waals surface area contributed by atoms with E-state index < -0.39 is 0 Å². The van der Waals surface area contributed by atoms with Crippen molar-refractivity contribution in [2.75, 3.05) is 13.7 Å². The largest absolute Gasteiger partial charge is 0.384 e. The smallest absolute Gasteiger partial charge is 0.0518 e. The Kier molecular flexibility index (Phi) is 4.43. The molecule has 3 unspecified atom stereocenters. The van der Waals surface area contributed by atoms with Crippen LogP contribution in [0, 0.1) is 17.3 Å². The lowest BCUT2D eigenvalue weighted by Gasteiger charge is -2.42. The lowest BCUT2D eigenvalue weighted by molar-refractivity contribution is 0.00928. The van der Waals surface area contributed by atoms with Gasteiger partial charge in [0.2, 0.25) is 0 Å². The number of ether oxygens (including phenoxy) is 1. The van der Waals surface area contributed by atoms with Crippen molar-refractivity contribution >= 4 is 0 Å². The van der Waals surface area contributed by atoms with E-state index in [9.17, 15) is 0 Å². The van der Waals surface area contributed by atoms with Crippen LogP contribution in [0.4, 0.5) is 0 Å². The van der Waals surface area contributed by atoms with Gasteiger partial charge in [0, 0.05) is 7.11 Å². The summed E-state index contributed by atoms with van der Waals surface area (Å²) in [6.45, 7) is 8.06. The first kappa shape index (κ1) is 12.0. The Labute approximate surface area is 89.2 Å². The molecule has 0 aromatic heterocycles. The molecule has 0 heterocycles. The van der Waals surface area contributed by atoms with Gasteiger partial charge in [-0.15, -0.1) is 0 Å². The van der Waals surface area contributed by atoms with Gasteiger partial charge in [0.05, 0.1) is 6.61 Å². The molecule has 0 bridgehead atoms. The first-order valence-electron chi connectivity index (χ1n) is 6.12. The van der Waals surface area contributed by atoms with Crippen molar-refractivity contribution in [2.45, 2.75) is 52.9 Å². The summed E-state index contributed by atoms with van der Waals surface area (Å²) in [6.07, 6.45) is 6.78. The summed E-state index contributed by atoms with van der Waals surface area (Å²) in [5.74, 6) is 1.79. The molecule has 0 aromatic carbocycles. The predicted molar refractivity (Wildman–Crippen MR) is 61.4 cm³/mol. The van der Waals surface area contributed by atoms with Gasteiger partial charge < -0.3 is 4.74 Å². The molecule has 0 amide bonds. The average molecular weight is 198 g/mol. The molecule has 0 saturated heterocycles. The van der Waals surface area contributed by atoms with E-state index in [4.69, 9.17) is 4.74 Å². The molecule has 3 atom stereocenters. The van der Waals surface area contributed by atoms with Crippen molar-refractivity contribution in [3.8, 4) is 0 Å². The van der Waals surface area contributed by atoms with E-state index in [-0.39, 0.29) is 0 Å². The van der Waals surface area contributed by atoms with Crippen molar-refractivity contribution in [3.05, 3.63) is 0 Å². The molecule has 1 aliphatic carbocycles. The maximum Gasteiger partial charge on any atom is 0.0518 e. The molecular weight excluding hydrogens is 172 g/mol. The summed E-state index contributed by atoms with van der Waals surface area (Å²) < 4.78 is 5.42. The molecule has 0 aliphatic heterocycles. The second kappa shape index (κ2) is 5.16. The van der Waals surface area contributed by atoms with Crippen LogP contribution in [0.25, 0.3) is 0 Å². The van der Waals surface area contributed by atoms with Gasteiger partial charge in [-0.25, -0.2) is 0 Å². The minimum absolute atomic E-state index is 0.509. The number of methoxy groups -OCH3 is 1. The van der Waals surface area contributed by atoms with Gasteiger partial charge in [0.15, 0.2) is 0 Å². The lowest BCUT2D eigenvalue weighted by atomic mass is 9.65. The standard InChI is InChI=1S/C13H26O/c1-5-7-13(10-14-4)8-6-11(2)12(3)9-13/h11-12H,5-10H2,1-4H3. The Bertz CT molecular complexity index is 159. The molecular formula is C13H26O. The van der Waals surface area contributed by atoms with Gasteiger partial charge in [0.25, 0.3) is 0 Å². The molecule has 0 N–H and O–H groups in total. The van der Waals surface area contributed by atoms with Crippen LogP contribution >= 0.6 is 0 Å². The zero-order valence-corrected chi connectivity index (χ0v) is 10.3. The maximum absolute atomic E-state index is 5.42. The Morgan fingerprint density at radius 1 is 1.29 bits per heavy atom. The highest BCUT2D eigenvalue weighted by atomic mass is 16.5. The van der Waals surface area contributed by atoms with Crippen LogP contribution < -0.4 is 0 Å². The highest BCUT2D eigenvalue weighted by molar-refractivity contribution is 4.87. The van der Waals surface area contributed by atoms with E-state index in [1.807, 2.05) is 7.11 Å². The molecule has 1 rings (SSSR count). The zero-order chi connectivity index (χ0) is 10.6. The summed E-state index contributed by atoms with van der Waals surface area (Å²) in [5, 5.41) is 0. The van der Waals surface area contributed by atoms with Crippen LogP contribution in [0.5, 0.6) is 0 Å². The topological polar surface area (TPSA) is 9.23 Å². The average Bonchev–Trinajstić information content (AvgIpc) is 2.13. The predicted octanol–water partition coefficient (Wildman–Crippen LogP) is 3.88. The summed E-state index contributed by atoms with van der Waals surface area (Å²) in [7, 11) is 1.85. The first-order chi connectivity index (χ1) is 6.63. The van der Waals surface area contributed by atoms with Crippen molar-refractivity contribution in [2.24, 2.45) is 17.3 Å². The molecule has 14 heavy (non-hydrogen) atoms. The van der Waals surface area contributed by atoms with E-state index in [2.05, 4.69) is 20.8 Å². The number of hydrogen-bond acceptors (Lipinski definition) is 1. The second-order valence-corrected chi connectivity index (χ2v) is 5.38. The van der Waals surface area contributed by atoms with Crippen LogP contribution in [-0.4, -0.2) is 13.7 Å². The molecule has 0 spiro atoms. The Morgan fingerprint density at radius 3 is 2.50 bits per heavy atom. The van der Waals surface area contributed by atoms with Gasteiger partial charge in [0.1, 0.15) is 0 Å². The minimum atomic E-state index is 0.509. The van der Waals surface area contributed by atoms with Crippen LogP contribution in [0.2, 0.25) is 0 Å². The summed E-state index contributed by atoms with van der Waals surface area (Å²) in [6, 6.07) is 0. The van der Waals surface area contributed by atoms with Gasteiger partial charge in [-0.05, 0) is 42.9 Å². The quantitative estimate of drug-likeness (QED) is 0.666. The third-order valence-corrected chi connectivity index (χ3v) is 4.09. The number of rotatable bonds is 4. The maximum atomic E-state index is 5.42. The van der Waals surface area contributed by atoms with Crippen molar-refractivity contribution in [1.29, 1.82) is 0 Å².